The van der Waals surface area contributed by atoms with Gasteiger partial charge in [0.1, 0.15) is 0 Å². The van der Waals surface area contributed by atoms with Crippen LogP contribution in [0.15, 0.2) is 24.3 Å². The predicted molar refractivity (Wildman–Crippen MR) is 101 cm³/mol. The van der Waals surface area contributed by atoms with Crippen LogP contribution in [-0.2, 0) is 11.8 Å². The number of hydrogen-bond donors (Lipinski definition) is 1. The van der Waals surface area contributed by atoms with E-state index in [-0.39, 0.29) is 23.3 Å². The summed E-state index contributed by atoms with van der Waals surface area (Å²) < 4.78 is 20.6. The first-order valence-electron chi connectivity index (χ1n) is 7.91. The van der Waals surface area contributed by atoms with Gasteiger partial charge in [0.15, 0.2) is 16.7 Å². The quantitative estimate of drug-likeness (QED) is 0.805. The van der Waals surface area contributed by atoms with Gasteiger partial charge in [-0.2, -0.15) is 5.10 Å². The van der Waals surface area contributed by atoms with Gasteiger partial charge in [-0.1, -0.05) is 29.9 Å². The van der Waals surface area contributed by atoms with Crippen molar-refractivity contribution in [2.45, 2.75) is 5.92 Å². The Kier molecular flexibility index (Phi) is 5.15. The molecular formula is C17H18ClFN4O2S. The Bertz CT molecular complexity index is 872. The number of nitrogens with one attached hydrogen (secondary N) is 1. The third-order valence-corrected chi connectivity index (χ3v) is 5.24. The number of rotatable bonds is 4. The summed E-state index contributed by atoms with van der Waals surface area (Å²) in [5.41, 5.74) is 1.07. The Morgan fingerprint density at radius 1 is 1.46 bits per heavy atom. The van der Waals surface area contributed by atoms with E-state index in [0.717, 1.165) is 5.69 Å². The van der Waals surface area contributed by atoms with Crippen molar-refractivity contribution in [3.63, 3.8) is 0 Å². The van der Waals surface area contributed by atoms with Crippen molar-refractivity contribution < 1.29 is 13.9 Å². The number of para-hydroxylation sites is 1. The number of halogens is 2. The van der Waals surface area contributed by atoms with E-state index in [1.165, 1.54) is 19.2 Å². The fraction of sp³-hybridized carbons (Fsp3) is 0.353. The van der Waals surface area contributed by atoms with Crippen LogP contribution in [0.3, 0.4) is 0 Å². The minimum atomic E-state index is -0.602. The van der Waals surface area contributed by atoms with Gasteiger partial charge in [0.05, 0.1) is 23.7 Å². The number of anilines is 1. The largest absolute Gasteiger partial charge is 0.492 e. The Labute approximate surface area is 160 Å². The summed E-state index contributed by atoms with van der Waals surface area (Å²) in [6.07, 6.45) is 0. The van der Waals surface area contributed by atoms with Crippen molar-refractivity contribution in [3.05, 3.63) is 40.9 Å². The molecule has 0 unspecified atom stereocenters. The number of hydrogen-bond acceptors (Lipinski definition) is 4. The van der Waals surface area contributed by atoms with E-state index in [4.69, 9.17) is 28.6 Å². The second-order valence-electron chi connectivity index (χ2n) is 6.13. The molecule has 1 aromatic heterocycles. The molecule has 0 saturated carbocycles. The number of ether oxygens (including phenoxy) is 1. The van der Waals surface area contributed by atoms with E-state index in [0.29, 0.717) is 16.7 Å². The zero-order valence-corrected chi connectivity index (χ0v) is 16.1. The number of carbonyl (C=O) groups excluding carboxylic acids is 1. The summed E-state index contributed by atoms with van der Waals surface area (Å²) in [6, 6.07) is 6.09. The van der Waals surface area contributed by atoms with Gasteiger partial charge in [-0.25, -0.2) is 4.39 Å². The van der Waals surface area contributed by atoms with E-state index in [1.807, 2.05) is 11.9 Å². The van der Waals surface area contributed by atoms with Crippen LogP contribution in [0.5, 0.6) is 5.75 Å². The molecule has 0 aliphatic carbocycles. The van der Waals surface area contributed by atoms with Crippen LogP contribution in [0, 0.1) is 11.7 Å². The maximum absolute atomic E-state index is 13.9. The lowest BCUT2D eigenvalue weighted by Gasteiger charge is -2.19. The second-order valence-corrected chi connectivity index (χ2v) is 6.93. The van der Waals surface area contributed by atoms with Crippen molar-refractivity contribution in [2.24, 2.45) is 13.0 Å². The summed E-state index contributed by atoms with van der Waals surface area (Å²) in [7, 11) is 4.96. The summed E-state index contributed by atoms with van der Waals surface area (Å²) in [4.78, 5) is 15.4. The van der Waals surface area contributed by atoms with E-state index in [1.54, 1.807) is 23.9 Å². The highest BCUT2D eigenvalue weighted by atomic mass is 35.5. The van der Waals surface area contributed by atoms with E-state index < -0.39 is 11.7 Å². The van der Waals surface area contributed by atoms with Gasteiger partial charge in [0.2, 0.25) is 5.91 Å². The minimum absolute atomic E-state index is 0.0155. The highest BCUT2D eigenvalue weighted by Gasteiger charge is 2.43. The molecule has 1 saturated heterocycles. The Balaban J connectivity index is 1.92. The van der Waals surface area contributed by atoms with Crippen LogP contribution >= 0.6 is 23.8 Å². The third-order valence-electron chi connectivity index (χ3n) is 4.49. The van der Waals surface area contributed by atoms with Crippen LogP contribution in [0.2, 0.25) is 5.15 Å². The highest BCUT2D eigenvalue weighted by molar-refractivity contribution is 7.80. The SMILES string of the molecule is COc1c(F)cccc1NC(=O)[C@H]1C(=S)N(C)C[C@@H]1c1cc(Cl)nn1C. The first-order valence-corrected chi connectivity index (χ1v) is 8.70. The molecule has 2 heterocycles. The van der Waals surface area contributed by atoms with E-state index >= 15 is 0 Å². The number of carbonyl (C=O) groups is 1. The van der Waals surface area contributed by atoms with Gasteiger partial charge in [0, 0.05) is 32.3 Å². The van der Waals surface area contributed by atoms with Crippen molar-refractivity contribution in [1.82, 2.24) is 14.7 Å². The van der Waals surface area contributed by atoms with Crippen LogP contribution in [0.4, 0.5) is 10.1 Å². The van der Waals surface area contributed by atoms with Gasteiger partial charge >= 0.3 is 0 Å². The lowest BCUT2D eigenvalue weighted by molar-refractivity contribution is -0.118. The average molecular weight is 397 g/mol. The van der Waals surface area contributed by atoms with Gasteiger partial charge in [0.25, 0.3) is 0 Å². The molecule has 3 rings (SSSR count). The maximum atomic E-state index is 13.9. The molecule has 1 N–H and O–H groups in total. The average Bonchev–Trinajstić information content (AvgIpc) is 3.06. The number of aromatic nitrogens is 2. The number of likely N-dealkylation sites (N-methyl/N-ethyl adjacent to an activating group) is 1. The summed E-state index contributed by atoms with van der Waals surface area (Å²) in [6.45, 7) is 0.563. The molecule has 1 aliphatic heterocycles. The second kappa shape index (κ2) is 7.20. The number of aryl methyl sites for hydroxylation is 1. The number of thiocarbonyl (C=S) groups is 1. The van der Waals surface area contributed by atoms with Crippen molar-refractivity contribution in [1.29, 1.82) is 0 Å². The zero-order chi connectivity index (χ0) is 19.0. The molecule has 1 amide bonds. The molecule has 6 nitrogen and oxygen atoms in total. The van der Waals surface area contributed by atoms with E-state index in [2.05, 4.69) is 10.4 Å². The molecule has 0 spiro atoms. The molecule has 138 valence electrons. The van der Waals surface area contributed by atoms with Gasteiger partial charge in [-0.3, -0.25) is 9.48 Å². The molecule has 2 atom stereocenters. The topological polar surface area (TPSA) is 59.4 Å². The lowest BCUT2D eigenvalue weighted by atomic mass is 9.91. The lowest BCUT2D eigenvalue weighted by Crippen LogP contribution is -2.32. The standard InChI is InChI=1S/C17H18ClFN4O2S/c1-22-8-9(12-7-13(18)21-23(12)2)14(17(22)26)16(24)20-11-6-4-5-10(19)15(11)25-3/h4-7,9,14H,8H2,1-3H3,(H,20,24)/t9-,14+/m1/s1. The smallest absolute Gasteiger partial charge is 0.235 e. The fourth-order valence-electron chi connectivity index (χ4n) is 3.28. The Morgan fingerprint density at radius 2 is 2.19 bits per heavy atom. The highest BCUT2D eigenvalue weighted by Crippen LogP contribution is 2.36. The number of nitrogens with zero attached hydrogens (tertiary/aromatic N) is 3. The van der Waals surface area contributed by atoms with E-state index in [9.17, 15) is 9.18 Å². The summed E-state index contributed by atoms with van der Waals surface area (Å²) >= 11 is 11.5. The van der Waals surface area contributed by atoms with Crippen molar-refractivity contribution in [3.8, 4) is 5.75 Å². The monoisotopic (exact) mass is 396 g/mol. The first kappa shape index (κ1) is 18.6. The molecule has 9 heteroatoms. The molecule has 1 aromatic carbocycles. The van der Waals surface area contributed by atoms with Gasteiger partial charge in [-0.05, 0) is 18.2 Å². The third kappa shape index (κ3) is 3.26. The summed E-state index contributed by atoms with van der Waals surface area (Å²) in [5, 5.41) is 7.24. The predicted octanol–water partition coefficient (Wildman–Crippen LogP) is 2.83. The molecule has 1 aliphatic rings. The van der Waals surface area contributed by atoms with Crippen LogP contribution < -0.4 is 10.1 Å². The molecule has 1 fully saturated rings. The van der Waals surface area contributed by atoms with Crippen molar-refractivity contribution in [2.75, 3.05) is 26.0 Å². The van der Waals surface area contributed by atoms with Crippen LogP contribution in [-0.4, -0.2) is 46.3 Å². The molecule has 26 heavy (non-hydrogen) atoms. The van der Waals surface area contributed by atoms with Gasteiger partial charge in [-0.15, -0.1) is 0 Å². The maximum Gasteiger partial charge on any atom is 0.235 e. The Morgan fingerprint density at radius 3 is 2.81 bits per heavy atom. The minimum Gasteiger partial charge on any atom is -0.492 e. The number of benzene rings is 1. The van der Waals surface area contributed by atoms with Crippen LogP contribution in [0.25, 0.3) is 0 Å². The number of methoxy groups -OCH3 is 1. The first-order chi connectivity index (χ1) is 12.3. The summed E-state index contributed by atoms with van der Waals surface area (Å²) in [5.74, 6) is -1.71. The molecule has 2 aromatic rings. The normalized spacial score (nSPS) is 19.7. The van der Waals surface area contributed by atoms with Crippen molar-refractivity contribution >= 4 is 40.4 Å². The Hall–Kier alpha value is -2.19. The fourth-order valence-corrected chi connectivity index (χ4v) is 3.85. The number of likely N-dealkylation sites (tertiary alicyclic amines) is 1. The number of amides is 1. The molecular weight excluding hydrogens is 379 g/mol. The van der Waals surface area contributed by atoms with Gasteiger partial charge < -0.3 is 15.0 Å². The molecule has 0 radical (unpaired) electrons. The zero-order valence-electron chi connectivity index (χ0n) is 14.5. The molecule has 0 bridgehead atoms. The van der Waals surface area contributed by atoms with Crippen LogP contribution in [0.1, 0.15) is 11.6 Å².